The maximum atomic E-state index is 10.9. The zero-order chi connectivity index (χ0) is 14.7. The van der Waals surface area contributed by atoms with Gasteiger partial charge in [-0.2, -0.15) is 0 Å². The third kappa shape index (κ3) is 12.6. The van der Waals surface area contributed by atoms with Crippen LogP contribution in [0.5, 0.6) is 0 Å². The summed E-state index contributed by atoms with van der Waals surface area (Å²) in [6, 6.07) is 0. The fourth-order valence-corrected chi connectivity index (χ4v) is 3.08. The Kier molecular flexibility index (Phi) is 15.7. The van der Waals surface area contributed by atoms with E-state index in [1.807, 2.05) is 6.92 Å². The van der Waals surface area contributed by atoms with E-state index in [2.05, 4.69) is 0 Å². The maximum Gasteiger partial charge on any atom is 1.00 e. The van der Waals surface area contributed by atoms with E-state index in [0.717, 1.165) is 51.4 Å². The van der Waals surface area contributed by atoms with Gasteiger partial charge in [0.2, 0.25) is 0 Å². The Morgan fingerprint density at radius 2 is 1.35 bits per heavy atom. The largest absolute Gasteiger partial charge is 1.00 e. The van der Waals surface area contributed by atoms with Crippen LogP contribution in [0.4, 0.5) is 0 Å². The molecule has 116 valence electrons. The molecule has 0 aromatic rings. The third-order valence-electron chi connectivity index (χ3n) is 3.65. The molecule has 0 rings (SSSR count). The van der Waals surface area contributed by atoms with E-state index >= 15 is 0 Å². The normalized spacial score (nSPS) is 14.6. The summed E-state index contributed by atoms with van der Waals surface area (Å²) in [5, 5.41) is 8.67. The molecule has 0 fully saturated rings. The maximum absolute atomic E-state index is 10.9. The minimum atomic E-state index is -4.11. The average Bonchev–Trinajstić information content (AvgIpc) is 2.35. The van der Waals surface area contributed by atoms with Crippen molar-refractivity contribution >= 4 is 10.1 Å². The molecule has 0 saturated carbocycles. The summed E-state index contributed by atoms with van der Waals surface area (Å²) in [7, 11) is -4.11. The molecule has 0 aromatic heterocycles. The molecule has 4 nitrogen and oxygen atoms in total. The Labute approximate surface area is 146 Å². The molecule has 0 aliphatic carbocycles. The molecule has 0 aromatic carbocycles. The van der Waals surface area contributed by atoms with Gasteiger partial charge < -0.3 is 9.66 Å². The van der Waals surface area contributed by atoms with Crippen LogP contribution in [0.1, 0.15) is 78.1 Å². The van der Waals surface area contributed by atoms with Crippen LogP contribution in [0.25, 0.3) is 0 Å². The molecule has 0 amide bonds. The Balaban J connectivity index is 0. The number of unbranched alkanes of at least 4 members (excludes halogenated alkanes) is 5. The Morgan fingerprint density at radius 3 is 1.75 bits per heavy atom. The number of aliphatic hydroxyl groups excluding tert-OH is 1. The number of aliphatic hydroxyl groups is 1. The smallest absolute Gasteiger partial charge is 0.748 e. The summed E-state index contributed by atoms with van der Waals surface area (Å²) in [5.41, 5.74) is 0. The van der Waals surface area contributed by atoms with Gasteiger partial charge in [0.15, 0.2) is 0 Å². The van der Waals surface area contributed by atoms with Crippen molar-refractivity contribution in [1.82, 2.24) is 0 Å². The minimum absolute atomic E-state index is 0. The molecule has 1 N–H and O–H groups in total. The van der Waals surface area contributed by atoms with Crippen molar-refractivity contribution in [2.45, 2.75) is 89.4 Å². The van der Waals surface area contributed by atoms with Crippen molar-refractivity contribution < 1.29 is 47.6 Å². The molecule has 0 aliphatic heterocycles. The van der Waals surface area contributed by atoms with Crippen LogP contribution in [0.2, 0.25) is 0 Å². The first-order chi connectivity index (χ1) is 8.91. The third-order valence-corrected chi connectivity index (χ3v) is 5.03. The van der Waals surface area contributed by atoms with Crippen molar-refractivity contribution in [1.29, 1.82) is 0 Å². The summed E-state index contributed by atoms with van der Waals surface area (Å²) in [4.78, 5) is 0. The number of hydrogen-bond donors (Lipinski definition) is 1. The van der Waals surface area contributed by atoms with Crippen LogP contribution in [-0.2, 0) is 10.1 Å². The van der Waals surface area contributed by atoms with E-state index in [1.54, 1.807) is 6.92 Å². The van der Waals surface area contributed by atoms with Crippen LogP contribution in [0, 0.1) is 0 Å². The summed E-state index contributed by atoms with van der Waals surface area (Å²) >= 11 is 0. The monoisotopic (exact) mass is 316 g/mol. The molecule has 20 heavy (non-hydrogen) atoms. The standard InChI is InChI=1S/C14H30O4S.Na/c1-3-13(15)11-9-7-5-6-8-10-12-14(4-2)19(16,17)18;/h13-15H,3-12H2,1-2H3,(H,16,17,18);/q;+1/p-1. The predicted molar refractivity (Wildman–Crippen MR) is 77.0 cm³/mol. The first-order valence-electron chi connectivity index (χ1n) is 7.54. The van der Waals surface area contributed by atoms with Crippen molar-refractivity contribution in [3.63, 3.8) is 0 Å². The van der Waals surface area contributed by atoms with Crippen LogP contribution in [-0.4, -0.2) is 29.4 Å². The average molecular weight is 316 g/mol. The molecule has 0 spiro atoms. The van der Waals surface area contributed by atoms with E-state index < -0.39 is 15.4 Å². The van der Waals surface area contributed by atoms with Gasteiger partial charge in [0.25, 0.3) is 0 Å². The molecule has 6 heteroatoms. The molecule has 0 aliphatic rings. The van der Waals surface area contributed by atoms with Crippen LogP contribution in [0.3, 0.4) is 0 Å². The Hall–Kier alpha value is 0.870. The fraction of sp³-hybridized carbons (Fsp3) is 1.00. The van der Waals surface area contributed by atoms with Crippen molar-refractivity contribution in [3.8, 4) is 0 Å². The second kappa shape index (κ2) is 13.5. The fourth-order valence-electron chi connectivity index (χ4n) is 2.22. The Bertz CT molecular complexity index is 306. The van der Waals surface area contributed by atoms with Gasteiger partial charge in [0, 0.05) is 5.25 Å². The van der Waals surface area contributed by atoms with Gasteiger partial charge in [0.1, 0.15) is 0 Å². The van der Waals surface area contributed by atoms with Gasteiger partial charge in [-0.1, -0.05) is 52.4 Å². The second-order valence-electron chi connectivity index (χ2n) is 5.28. The van der Waals surface area contributed by atoms with Crippen LogP contribution < -0.4 is 29.6 Å². The first kappa shape index (κ1) is 23.1. The van der Waals surface area contributed by atoms with Crippen molar-refractivity contribution in [2.24, 2.45) is 0 Å². The van der Waals surface area contributed by atoms with Gasteiger partial charge in [-0.25, -0.2) is 8.42 Å². The van der Waals surface area contributed by atoms with E-state index in [-0.39, 0.29) is 35.7 Å². The topological polar surface area (TPSA) is 77.4 Å². The first-order valence-corrected chi connectivity index (χ1v) is 9.01. The van der Waals surface area contributed by atoms with E-state index in [4.69, 9.17) is 0 Å². The minimum Gasteiger partial charge on any atom is -0.748 e. The van der Waals surface area contributed by atoms with Crippen molar-refractivity contribution in [2.75, 3.05) is 0 Å². The zero-order valence-corrected chi connectivity index (χ0v) is 16.1. The summed E-state index contributed by atoms with van der Waals surface area (Å²) in [6.45, 7) is 3.73. The second-order valence-corrected chi connectivity index (χ2v) is 6.94. The molecule has 2 unspecified atom stereocenters. The van der Waals surface area contributed by atoms with Gasteiger partial charge in [-0.3, -0.25) is 0 Å². The van der Waals surface area contributed by atoms with E-state index in [0.29, 0.717) is 12.8 Å². The van der Waals surface area contributed by atoms with Crippen molar-refractivity contribution in [3.05, 3.63) is 0 Å². The van der Waals surface area contributed by atoms with Gasteiger partial charge in [-0.15, -0.1) is 0 Å². The SMILES string of the molecule is CCC(O)CCCCCCCCC(CC)S(=O)(=O)[O-].[Na+]. The number of rotatable bonds is 12. The van der Waals surface area contributed by atoms with Gasteiger partial charge in [-0.05, 0) is 25.7 Å². The molecule has 2 atom stereocenters. The molecule has 0 bridgehead atoms. The summed E-state index contributed by atoms with van der Waals surface area (Å²) in [5.74, 6) is 0. The van der Waals surface area contributed by atoms with Crippen LogP contribution >= 0.6 is 0 Å². The number of hydrogen-bond acceptors (Lipinski definition) is 4. The van der Waals surface area contributed by atoms with Gasteiger partial charge in [0.05, 0.1) is 16.2 Å². The van der Waals surface area contributed by atoms with E-state index in [1.165, 1.54) is 0 Å². The Morgan fingerprint density at radius 1 is 0.900 bits per heavy atom. The quantitative estimate of drug-likeness (QED) is 0.317. The summed E-state index contributed by atoms with van der Waals surface area (Å²) < 4.78 is 32.6. The van der Waals surface area contributed by atoms with Gasteiger partial charge >= 0.3 is 29.6 Å². The zero-order valence-electron chi connectivity index (χ0n) is 13.3. The molecular formula is C14H29NaO4S. The molecule has 0 heterocycles. The molecular weight excluding hydrogens is 287 g/mol. The van der Waals surface area contributed by atoms with E-state index in [9.17, 15) is 18.1 Å². The summed E-state index contributed by atoms with van der Waals surface area (Å²) in [6.07, 6.45) is 8.64. The predicted octanol–water partition coefficient (Wildman–Crippen LogP) is 0.206. The molecule has 0 saturated heterocycles. The molecule has 0 radical (unpaired) electrons. The van der Waals surface area contributed by atoms with Crippen LogP contribution in [0.15, 0.2) is 0 Å².